The molecule has 0 heterocycles. The normalized spacial score (nSPS) is 14.0. The molecule has 1 nitrogen and oxygen atoms in total. The molecule has 0 aliphatic heterocycles. The summed E-state index contributed by atoms with van der Waals surface area (Å²) in [4.78, 5) is 10.4. The molecule has 0 saturated carbocycles. The highest BCUT2D eigenvalue weighted by Gasteiger charge is 2.11. The molecule has 0 aliphatic rings. The van der Waals surface area contributed by atoms with Crippen LogP contribution in [0.25, 0.3) is 5.03 Å². The Kier molecular flexibility index (Phi) is 5.36. The van der Waals surface area contributed by atoms with E-state index in [4.69, 9.17) is 46.4 Å². The zero-order valence-electron chi connectivity index (χ0n) is 7.88. The van der Waals surface area contributed by atoms with Crippen LogP contribution in [-0.2, 0) is 4.79 Å². The predicted octanol–water partition coefficient (Wildman–Crippen LogP) is 4.72. The Morgan fingerprint density at radius 1 is 0.938 bits per heavy atom. The third kappa shape index (κ3) is 3.26. The lowest BCUT2D eigenvalue weighted by Gasteiger charge is -2.03. The zero-order chi connectivity index (χ0) is 12.1. The van der Waals surface area contributed by atoms with E-state index in [9.17, 15) is 4.79 Å². The minimum Gasteiger partial charge on any atom is -0.297 e. The number of hydrogen-bond donors (Lipinski definition) is 0. The Labute approximate surface area is 113 Å². The van der Waals surface area contributed by atoms with Gasteiger partial charge in [-0.1, -0.05) is 76.7 Å². The highest BCUT2D eigenvalue weighted by Crippen LogP contribution is 2.33. The molecule has 0 amide bonds. The Morgan fingerprint density at radius 3 is 2.00 bits per heavy atom. The van der Waals surface area contributed by atoms with Gasteiger partial charge in [0.1, 0.15) is 5.03 Å². The van der Waals surface area contributed by atoms with Crippen LogP contribution in [0.5, 0.6) is 0 Å². The number of benzene rings is 1. The van der Waals surface area contributed by atoms with Crippen molar-refractivity contribution in [2.24, 2.45) is 0 Å². The van der Waals surface area contributed by atoms with Gasteiger partial charge in [-0.2, -0.15) is 0 Å². The molecule has 0 N–H and O–H groups in total. The fourth-order valence-electron chi connectivity index (χ4n) is 0.964. The average Bonchev–Trinajstić information content (AvgIpc) is 2.36. The van der Waals surface area contributed by atoms with Crippen LogP contribution >= 0.6 is 46.4 Å². The molecule has 5 heteroatoms. The van der Waals surface area contributed by atoms with Gasteiger partial charge in [-0.05, 0) is 5.56 Å². The van der Waals surface area contributed by atoms with Crippen LogP contribution in [0.2, 0.25) is 0 Å². The van der Waals surface area contributed by atoms with Crippen molar-refractivity contribution in [3.05, 3.63) is 51.0 Å². The van der Waals surface area contributed by atoms with Crippen molar-refractivity contribution in [3.63, 3.8) is 0 Å². The van der Waals surface area contributed by atoms with Crippen molar-refractivity contribution in [2.45, 2.75) is 0 Å². The second-order valence-electron chi connectivity index (χ2n) is 2.77. The lowest BCUT2D eigenvalue weighted by atomic mass is 10.2. The van der Waals surface area contributed by atoms with Crippen molar-refractivity contribution in [2.75, 3.05) is 0 Å². The Hall–Kier alpha value is -0.470. The molecule has 0 unspecified atom stereocenters. The molecule has 16 heavy (non-hydrogen) atoms. The quantitative estimate of drug-likeness (QED) is 0.448. The molecule has 0 saturated heterocycles. The van der Waals surface area contributed by atoms with Crippen molar-refractivity contribution >= 4 is 57.7 Å². The Bertz CT molecular complexity index is 448. The molecule has 84 valence electrons. The Balaban J connectivity index is 3.21. The molecule has 0 aliphatic carbocycles. The van der Waals surface area contributed by atoms with Crippen molar-refractivity contribution in [1.29, 1.82) is 0 Å². The summed E-state index contributed by atoms with van der Waals surface area (Å²) in [6.45, 7) is 0. The van der Waals surface area contributed by atoms with E-state index in [2.05, 4.69) is 0 Å². The first-order valence-electron chi connectivity index (χ1n) is 4.19. The lowest BCUT2D eigenvalue weighted by molar-refractivity contribution is -0.104. The van der Waals surface area contributed by atoms with E-state index in [1.807, 2.05) is 6.07 Å². The van der Waals surface area contributed by atoms with Crippen LogP contribution in [-0.4, -0.2) is 6.29 Å². The summed E-state index contributed by atoms with van der Waals surface area (Å²) >= 11 is 23.2. The number of hydrogen-bond acceptors (Lipinski definition) is 1. The molecule has 0 atom stereocenters. The van der Waals surface area contributed by atoms with Crippen LogP contribution in [0.4, 0.5) is 0 Å². The number of rotatable bonds is 3. The maximum Gasteiger partial charge on any atom is 0.162 e. The molecule has 0 spiro atoms. The van der Waals surface area contributed by atoms with Crippen molar-refractivity contribution in [1.82, 2.24) is 0 Å². The monoisotopic (exact) mass is 294 g/mol. The molecule has 0 fully saturated rings. The number of carbonyl (C=O) groups is 1. The van der Waals surface area contributed by atoms with E-state index in [1.165, 1.54) is 0 Å². The average molecular weight is 296 g/mol. The number of halogens is 4. The summed E-state index contributed by atoms with van der Waals surface area (Å²) in [6.07, 6.45) is 0.404. The molecular formula is C11H6Cl4O. The minimum atomic E-state index is -0.180. The van der Waals surface area contributed by atoms with Gasteiger partial charge in [0, 0.05) is 0 Å². The first-order valence-corrected chi connectivity index (χ1v) is 5.70. The van der Waals surface area contributed by atoms with Gasteiger partial charge in [-0.25, -0.2) is 0 Å². The molecule has 1 aromatic rings. The van der Waals surface area contributed by atoms with Gasteiger partial charge >= 0.3 is 0 Å². The van der Waals surface area contributed by atoms with Crippen LogP contribution in [0.15, 0.2) is 45.4 Å². The fourth-order valence-corrected chi connectivity index (χ4v) is 1.73. The highest BCUT2D eigenvalue weighted by atomic mass is 35.5. The van der Waals surface area contributed by atoms with E-state index in [1.54, 1.807) is 24.3 Å². The van der Waals surface area contributed by atoms with Gasteiger partial charge in [0.2, 0.25) is 0 Å². The number of carbonyl (C=O) groups excluding carboxylic acids is 1. The maximum absolute atomic E-state index is 10.4. The third-order valence-electron chi connectivity index (χ3n) is 1.73. The summed E-state index contributed by atoms with van der Waals surface area (Å²) in [6, 6.07) is 8.99. The van der Waals surface area contributed by atoms with Crippen molar-refractivity contribution < 1.29 is 4.79 Å². The smallest absolute Gasteiger partial charge is 0.162 e. The van der Waals surface area contributed by atoms with Gasteiger partial charge < -0.3 is 0 Å². The Morgan fingerprint density at radius 2 is 1.50 bits per heavy atom. The van der Waals surface area contributed by atoms with Gasteiger partial charge in [-0.15, -0.1) is 0 Å². The van der Waals surface area contributed by atoms with Gasteiger partial charge in [0.05, 0.1) is 15.1 Å². The topological polar surface area (TPSA) is 17.1 Å². The first-order chi connectivity index (χ1) is 7.57. The standard InChI is InChI=1S/C11H6Cl4O/c12-8(6-16)10(14)11(15)9(13)7-4-2-1-3-5-7/h1-6H/b10-8+,11-9+. The van der Waals surface area contributed by atoms with E-state index in [-0.39, 0.29) is 20.1 Å². The van der Waals surface area contributed by atoms with Gasteiger partial charge in [0.25, 0.3) is 0 Å². The molecule has 0 aromatic heterocycles. The molecule has 1 aromatic carbocycles. The van der Waals surface area contributed by atoms with Gasteiger partial charge in [-0.3, -0.25) is 4.79 Å². The van der Waals surface area contributed by atoms with Crippen LogP contribution in [0, 0.1) is 0 Å². The molecular weight excluding hydrogens is 290 g/mol. The summed E-state index contributed by atoms with van der Waals surface area (Å²) in [5, 5.41) is 0.0480. The number of allylic oxidation sites excluding steroid dienone is 3. The summed E-state index contributed by atoms with van der Waals surface area (Å²) in [5.41, 5.74) is 0.697. The third-order valence-corrected chi connectivity index (χ3v) is 3.47. The lowest BCUT2D eigenvalue weighted by Crippen LogP contribution is -1.85. The summed E-state index contributed by atoms with van der Waals surface area (Å²) in [5.74, 6) is 0. The van der Waals surface area contributed by atoms with Crippen LogP contribution < -0.4 is 0 Å². The summed E-state index contributed by atoms with van der Waals surface area (Å²) in [7, 11) is 0. The molecule has 0 bridgehead atoms. The van der Waals surface area contributed by atoms with E-state index in [0.29, 0.717) is 11.8 Å². The zero-order valence-corrected chi connectivity index (χ0v) is 10.9. The van der Waals surface area contributed by atoms with E-state index < -0.39 is 0 Å². The second-order valence-corrected chi connectivity index (χ2v) is 4.31. The predicted molar refractivity (Wildman–Crippen MR) is 69.9 cm³/mol. The molecule has 0 radical (unpaired) electrons. The van der Waals surface area contributed by atoms with Crippen molar-refractivity contribution in [3.8, 4) is 0 Å². The largest absolute Gasteiger partial charge is 0.297 e. The van der Waals surface area contributed by atoms with Crippen LogP contribution in [0.1, 0.15) is 5.56 Å². The minimum absolute atomic E-state index is 0.0478. The van der Waals surface area contributed by atoms with E-state index >= 15 is 0 Å². The first kappa shape index (κ1) is 13.6. The van der Waals surface area contributed by atoms with Crippen LogP contribution in [0.3, 0.4) is 0 Å². The maximum atomic E-state index is 10.4. The summed E-state index contributed by atoms with van der Waals surface area (Å²) < 4.78 is 0. The number of aldehydes is 1. The van der Waals surface area contributed by atoms with E-state index in [0.717, 1.165) is 0 Å². The SMILES string of the molecule is O=C/C(Cl)=C(Cl)/C(Cl)=C(\Cl)c1ccccc1. The fraction of sp³-hybridized carbons (Fsp3) is 0. The molecule has 1 rings (SSSR count). The van der Waals surface area contributed by atoms with Gasteiger partial charge in [0.15, 0.2) is 6.29 Å². The second kappa shape index (κ2) is 6.31. The highest BCUT2D eigenvalue weighted by molar-refractivity contribution is 6.60.